The summed E-state index contributed by atoms with van der Waals surface area (Å²) in [5.74, 6) is -0.881. The Kier molecular flexibility index (Phi) is 6.60. The van der Waals surface area contributed by atoms with Crippen LogP contribution in [0.2, 0.25) is 10.0 Å². The highest BCUT2D eigenvalue weighted by Crippen LogP contribution is 2.25. The molecule has 0 bridgehead atoms. The number of ether oxygens (including phenoxy) is 1. The zero-order valence-electron chi connectivity index (χ0n) is 15.3. The highest BCUT2D eigenvalue weighted by Gasteiger charge is 2.19. The van der Waals surface area contributed by atoms with Crippen molar-refractivity contribution in [3.05, 3.63) is 64.3 Å². The van der Waals surface area contributed by atoms with Crippen molar-refractivity contribution >= 4 is 51.7 Å². The molecule has 0 saturated carbocycles. The summed E-state index contributed by atoms with van der Waals surface area (Å²) in [5, 5.41) is 4.58. The standard InChI is InChI=1S/C21H20Cl2N2O3/c1-13(21(27)25-19-11-15(22)9-10-17(19)23)28-20(26)8-4-5-14-12-24-18-7-3-2-6-16(14)18/h2-3,6-7,9-13,24H,4-5,8H2,1H3,(H,25,27). The molecule has 1 unspecified atom stereocenters. The molecule has 0 fully saturated rings. The maximum atomic E-state index is 12.2. The fourth-order valence-corrected chi connectivity index (χ4v) is 3.24. The number of aromatic nitrogens is 1. The molecule has 28 heavy (non-hydrogen) atoms. The maximum Gasteiger partial charge on any atom is 0.306 e. The van der Waals surface area contributed by atoms with Gasteiger partial charge < -0.3 is 15.0 Å². The van der Waals surface area contributed by atoms with Crippen LogP contribution in [0.3, 0.4) is 0 Å². The number of amides is 1. The lowest BCUT2D eigenvalue weighted by Crippen LogP contribution is -2.30. The van der Waals surface area contributed by atoms with Gasteiger partial charge in [0.05, 0.1) is 10.7 Å². The summed E-state index contributed by atoms with van der Waals surface area (Å²) in [4.78, 5) is 27.5. The van der Waals surface area contributed by atoms with Crippen molar-refractivity contribution in [3.8, 4) is 0 Å². The predicted molar refractivity (Wildman–Crippen MR) is 112 cm³/mol. The Hall–Kier alpha value is -2.50. The smallest absolute Gasteiger partial charge is 0.306 e. The summed E-state index contributed by atoms with van der Waals surface area (Å²) < 4.78 is 5.23. The minimum Gasteiger partial charge on any atom is -0.453 e. The van der Waals surface area contributed by atoms with Crippen LogP contribution in [0.1, 0.15) is 25.3 Å². The molecule has 7 heteroatoms. The van der Waals surface area contributed by atoms with E-state index in [1.807, 2.05) is 30.5 Å². The number of carbonyl (C=O) groups is 2. The van der Waals surface area contributed by atoms with E-state index in [9.17, 15) is 9.59 Å². The number of halogens is 2. The lowest BCUT2D eigenvalue weighted by Gasteiger charge is -2.14. The summed E-state index contributed by atoms with van der Waals surface area (Å²) in [5.41, 5.74) is 2.61. The lowest BCUT2D eigenvalue weighted by atomic mass is 10.1. The van der Waals surface area contributed by atoms with E-state index in [1.54, 1.807) is 12.1 Å². The van der Waals surface area contributed by atoms with Crippen molar-refractivity contribution in [2.45, 2.75) is 32.3 Å². The minimum absolute atomic E-state index is 0.231. The molecule has 0 aliphatic carbocycles. The summed E-state index contributed by atoms with van der Waals surface area (Å²) >= 11 is 11.9. The molecular weight excluding hydrogens is 399 g/mol. The first-order valence-electron chi connectivity index (χ1n) is 8.94. The highest BCUT2D eigenvalue weighted by atomic mass is 35.5. The van der Waals surface area contributed by atoms with Gasteiger partial charge in [-0.2, -0.15) is 0 Å². The van der Waals surface area contributed by atoms with Gasteiger partial charge in [0.25, 0.3) is 5.91 Å². The lowest BCUT2D eigenvalue weighted by molar-refractivity contribution is -0.153. The number of H-pyrrole nitrogens is 1. The molecule has 1 amide bonds. The Labute approximate surface area is 173 Å². The van der Waals surface area contributed by atoms with Gasteiger partial charge in [-0.15, -0.1) is 0 Å². The summed E-state index contributed by atoms with van der Waals surface area (Å²) in [7, 11) is 0. The molecule has 0 spiro atoms. The maximum absolute atomic E-state index is 12.2. The number of hydrogen-bond donors (Lipinski definition) is 2. The molecule has 3 rings (SSSR count). The number of benzene rings is 2. The molecule has 0 aliphatic heterocycles. The summed E-state index contributed by atoms with van der Waals surface area (Å²) in [6, 6.07) is 12.8. The number of aromatic amines is 1. The fraction of sp³-hybridized carbons (Fsp3) is 0.238. The van der Waals surface area contributed by atoms with Crippen LogP contribution in [-0.2, 0) is 20.7 Å². The molecule has 146 valence electrons. The summed E-state index contributed by atoms with van der Waals surface area (Å²) in [6.45, 7) is 1.52. The SMILES string of the molecule is CC(OC(=O)CCCc1c[nH]c2ccccc12)C(=O)Nc1cc(Cl)ccc1Cl. The van der Waals surface area contributed by atoms with E-state index in [2.05, 4.69) is 10.3 Å². The first-order chi connectivity index (χ1) is 13.4. The van der Waals surface area contributed by atoms with Crippen molar-refractivity contribution in [2.24, 2.45) is 0 Å². The second-order valence-electron chi connectivity index (χ2n) is 6.46. The van der Waals surface area contributed by atoms with Crippen molar-refractivity contribution in [1.29, 1.82) is 0 Å². The Bertz CT molecular complexity index is 1000. The van der Waals surface area contributed by atoms with E-state index in [0.29, 0.717) is 22.2 Å². The van der Waals surface area contributed by atoms with E-state index < -0.39 is 18.0 Å². The van der Waals surface area contributed by atoms with Crippen LogP contribution in [0.5, 0.6) is 0 Å². The normalized spacial score (nSPS) is 12.0. The van der Waals surface area contributed by atoms with Crippen molar-refractivity contribution < 1.29 is 14.3 Å². The Morgan fingerprint density at radius 2 is 1.96 bits per heavy atom. The monoisotopic (exact) mass is 418 g/mol. The number of anilines is 1. The van der Waals surface area contributed by atoms with Gasteiger partial charge >= 0.3 is 5.97 Å². The Balaban J connectivity index is 1.47. The van der Waals surface area contributed by atoms with Crippen LogP contribution in [0.15, 0.2) is 48.7 Å². The first-order valence-corrected chi connectivity index (χ1v) is 9.70. The van der Waals surface area contributed by atoms with Gasteiger partial charge in [-0.3, -0.25) is 9.59 Å². The largest absolute Gasteiger partial charge is 0.453 e. The molecule has 3 aromatic rings. The van der Waals surface area contributed by atoms with E-state index in [4.69, 9.17) is 27.9 Å². The molecule has 2 aromatic carbocycles. The zero-order chi connectivity index (χ0) is 20.1. The van der Waals surface area contributed by atoms with Crippen LogP contribution < -0.4 is 5.32 Å². The van der Waals surface area contributed by atoms with Gasteiger partial charge in [0.1, 0.15) is 0 Å². The number of carbonyl (C=O) groups excluding carboxylic acids is 2. The quantitative estimate of drug-likeness (QED) is 0.506. The van der Waals surface area contributed by atoms with Gasteiger partial charge in [-0.05, 0) is 49.6 Å². The highest BCUT2D eigenvalue weighted by molar-refractivity contribution is 6.35. The third-order valence-electron chi connectivity index (χ3n) is 4.37. The second-order valence-corrected chi connectivity index (χ2v) is 7.30. The molecule has 5 nitrogen and oxygen atoms in total. The van der Waals surface area contributed by atoms with Crippen LogP contribution in [0.25, 0.3) is 10.9 Å². The number of para-hydroxylation sites is 1. The van der Waals surface area contributed by atoms with Gasteiger partial charge in [0.15, 0.2) is 6.10 Å². The fourth-order valence-electron chi connectivity index (χ4n) is 2.90. The van der Waals surface area contributed by atoms with Crippen molar-refractivity contribution in [1.82, 2.24) is 4.98 Å². The van der Waals surface area contributed by atoms with Crippen LogP contribution in [0.4, 0.5) is 5.69 Å². The molecular formula is C21H20Cl2N2O3. The topological polar surface area (TPSA) is 71.2 Å². The number of nitrogens with one attached hydrogen (secondary N) is 2. The molecule has 1 aromatic heterocycles. The summed E-state index contributed by atoms with van der Waals surface area (Å²) in [6.07, 6.45) is 2.64. The Morgan fingerprint density at radius 1 is 1.18 bits per heavy atom. The van der Waals surface area contributed by atoms with E-state index in [0.717, 1.165) is 22.9 Å². The number of esters is 1. The molecule has 0 saturated heterocycles. The van der Waals surface area contributed by atoms with E-state index in [-0.39, 0.29) is 6.42 Å². The van der Waals surface area contributed by atoms with E-state index >= 15 is 0 Å². The first kappa shape index (κ1) is 20.2. The number of rotatable bonds is 7. The Morgan fingerprint density at radius 3 is 2.79 bits per heavy atom. The average Bonchev–Trinajstić information content (AvgIpc) is 3.08. The number of aryl methyl sites for hydroxylation is 1. The third kappa shape index (κ3) is 5.06. The van der Waals surface area contributed by atoms with E-state index in [1.165, 1.54) is 13.0 Å². The van der Waals surface area contributed by atoms with Gasteiger partial charge in [0.2, 0.25) is 0 Å². The number of hydrogen-bond acceptors (Lipinski definition) is 3. The van der Waals surface area contributed by atoms with Gasteiger partial charge in [0, 0.05) is 28.5 Å². The van der Waals surface area contributed by atoms with Crippen LogP contribution >= 0.6 is 23.2 Å². The zero-order valence-corrected chi connectivity index (χ0v) is 16.8. The van der Waals surface area contributed by atoms with Crippen molar-refractivity contribution in [3.63, 3.8) is 0 Å². The molecule has 2 N–H and O–H groups in total. The number of fused-ring (bicyclic) bond motifs is 1. The minimum atomic E-state index is -0.935. The molecule has 1 atom stereocenters. The molecule has 0 radical (unpaired) electrons. The molecule has 1 heterocycles. The third-order valence-corrected chi connectivity index (χ3v) is 4.93. The van der Waals surface area contributed by atoms with Gasteiger partial charge in [-0.1, -0.05) is 41.4 Å². The second kappa shape index (κ2) is 9.13. The van der Waals surface area contributed by atoms with Crippen LogP contribution in [-0.4, -0.2) is 23.0 Å². The van der Waals surface area contributed by atoms with Crippen LogP contribution in [0, 0.1) is 0 Å². The predicted octanol–water partition coefficient (Wildman–Crippen LogP) is 5.37. The molecule has 0 aliphatic rings. The average molecular weight is 419 g/mol. The van der Waals surface area contributed by atoms with Gasteiger partial charge in [-0.25, -0.2) is 0 Å². The van der Waals surface area contributed by atoms with Crippen molar-refractivity contribution in [2.75, 3.05) is 5.32 Å².